The third-order valence-electron chi connectivity index (χ3n) is 2.58. The molecule has 0 aromatic heterocycles. The molecular formula is C10H25NO3Si. The lowest BCUT2D eigenvalue weighted by Gasteiger charge is -2.35. The number of nitrogens with two attached hydrogens (primary N) is 1. The Kier molecular flexibility index (Phi) is 6.62. The van der Waals surface area contributed by atoms with E-state index >= 15 is 0 Å². The van der Waals surface area contributed by atoms with Crippen LogP contribution < -0.4 is 5.40 Å². The van der Waals surface area contributed by atoms with Crippen molar-refractivity contribution < 1.29 is 13.3 Å². The summed E-state index contributed by atoms with van der Waals surface area (Å²) < 4.78 is 16.8. The van der Waals surface area contributed by atoms with Crippen molar-refractivity contribution in [3.8, 4) is 0 Å². The Morgan fingerprint density at radius 1 is 1.00 bits per heavy atom. The summed E-state index contributed by atoms with van der Waals surface area (Å²) >= 11 is 0. The summed E-state index contributed by atoms with van der Waals surface area (Å²) in [4.78, 5) is 0. The molecule has 0 aliphatic heterocycles. The van der Waals surface area contributed by atoms with Crippen LogP contribution in [0, 0.1) is 0 Å². The quantitative estimate of drug-likeness (QED) is 0.654. The normalized spacial score (nSPS) is 13.2. The van der Waals surface area contributed by atoms with Crippen molar-refractivity contribution >= 4 is 8.97 Å². The maximum absolute atomic E-state index is 6.03. The molecule has 2 N–H and O–H groups in total. The number of rotatable bonds is 8. The van der Waals surface area contributed by atoms with E-state index in [0.29, 0.717) is 13.2 Å². The van der Waals surface area contributed by atoms with Gasteiger partial charge in [0.1, 0.15) is 0 Å². The van der Waals surface area contributed by atoms with Crippen molar-refractivity contribution in [1.29, 1.82) is 0 Å². The van der Waals surface area contributed by atoms with Gasteiger partial charge in [-0.3, -0.25) is 5.40 Å². The Balaban J connectivity index is 4.50. The Hall–Kier alpha value is 0.0569. The predicted octanol–water partition coefficient (Wildman–Crippen LogP) is 2.05. The molecule has 0 aromatic rings. The molecular weight excluding hydrogens is 210 g/mol. The lowest BCUT2D eigenvalue weighted by molar-refractivity contribution is -0.0239. The second-order valence-corrected chi connectivity index (χ2v) is 5.72. The first-order chi connectivity index (χ1) is 6.95. The van der Waals surface area contributed by atoms with Crippen LogP contribution in [0.15, 0.2) is 0 Å². The maximum Gasteiger partial charge on any atom is 0.594 e. The minimum absolute atomic E-state index is 0.245. The zero-order chi connectivity index (χ0) is 11.9. The standard InChI is InChI=1S/C10H25NO3Si/c1-6-10(5,7-2)14-15(11,12-8-3)13-9-4/h6-9,11H2,1-5H3. The van der Waals surface area contributed by atoms with Crippen LogP contribution in [0.5, 0.6) is 0 Å². The molecule has 4 nitrogen and oxygen atoms in total. The van der Waals surface area contributed by atoms with Gasteiger partial charge in [-0.1, -0.05) is 13.8 Å². The monoisotopic (exact) mass is 235 g/mol. The summed E-state index contributed by atoms with van der Waals surface area (Å²) in [5, 5.41) is 6.03. The molecule has 0 atom stereocenters. The SMILES string of the molecule is CCO[Si](N)(OCC)OC(C)(CC)CC. The van der Waals surface area contributed by atoms with E-state index in [-0.39, 0.29) is 5.60 Å². The molecule has 0 radical (unpaired) electrons. The summed E-state index contributed by atoms with van der Waals surface area (Å²) in [7, 11) is -2.93. The van der Waals surface area contributed by atoms with Crippen molar-refractivity contribution in [3.05, 3.63) is 0 Å². The molecule has 92 valence electrons. The molecule has 0 rings (SSSR count). The Morgan fingerprint density at radius 3 is 1.67 bits per heavy atom. The molecule has 0 unspecified atom stereocenters. The third kappa shape index (κ3) is 5.08. The van der Waals surface area contributed by atoms with E-state index in [0.717, 1.165) is 12.8 Å². The largest absolute Gasteiger partial charge is 0.594 e. The van der Waals surface area contributed by atoms with Gasteiger partial charge in [-0.2, -0.15) is 0 Å². The first kappa shape index (κ1) is 15.1. The van der Waals surface area contributed by atoms with Crippen molar-refractivity contribution in [2.75, 3.05) is 13.2 Å². The van der Waals surface area contributed by atoms with Gasteiger partial charge in [0, 0.05) is 13.2 Å². The fourth-order valence-corrected chi connectivity index (χ4v) is 3.22. The molecule has 0 aliphatic rings. The van der Waals surface area contributed by atoms with Gasteiger partial charge < -0.3 is 13.3 Å². The van der Waals surface area contributed by atoms with Gasteiger partial charge in [0.2, 0.25) is 0 Å². The predicted molar refractivity (Wildman–Crippen MR) is 63.3 cm³/mol. The third-order valence-corrected chi connectivity index (χ3v) is 4.73. The average Bonchev–Trinajstić information content (AvgIpc) is 2.18. The summed E-state index contributed by atoms with van der Waals surface area (Å²) in [6, 6.07) is 0. The van der Waals surface area contributed by atoms with Crippen LogP contribution >= 0.6 is 0 Å². The topological polar surface area (TPSA) is 53.7 Å². The van der Waals surface area contributed by atoms with Crippen LogP contribution in [0.1, 0.15) is 47.5 Å². The first-order valence-corrected chi connectivity index (χ1v) is 7.52. The highest BCUT2D eigenvalue weighted by Gasteiger charge is 2.42. The van der Waals surface area contributed by atoms with E-state index < -0.39 is 8.97 Å². The van der Waals surface area contributed by atoms with Crippen molar-refractivity contribution in [3.63, 3.8) is 0 Å². The smallest absolute Gasteiger partial charge is 0.361 e. The minimum Gasteiger partial charge on any atom is -0.361 e. The van der Waals surface area contributed by atoms with Crippen LogP contribution in [0.3, 0.4) is 0 Å². The molecule has 0 bridgehead atoms. The first-order valence-electron chi connectivity index (χ1n) is 5.72. The number of hydrogen-bond donors (Lipinski definition) is 1. The van der Waals surface area contributed by atoms with Gasteiger partial charge in [-0.15, -0.1) is 0 Å². The summed E-state index contributed by atoms with van der Waals surface area (Å²) in [5.41, 5.74) is -0.245. The van der Waals surface area contributed by atoms with Gasteiger partial charge in [0.25, 0.3) is 0 Å². The van der Waals surface area contributed by atoms with Crippen LogP contribution in [0.25, 0.3) is 0 Å². The number of hydrogen-bond acceptors (Lipinski definition) is 4. The van der Waals surface area contributed by atoms with E-state index in [1.807, 2.05) is 20.8 Å². The molecule has 15 heavy (non-hydrogen) atoms. The lowest BCUT2D eigenvalue weighted by Crippen LogP contribution is -2.59. The maximum atomic E-state index is 6.03. The Labute approximate surface area is 94.5 Å². The van der Waals surface area contributed by atoms with Crippen LogP contribution in [0.4, 0.5) is 0 Å². The zero-order valence-corrected chi connectivity index (χ0v) is 11.6. The minimum atomic E-state index is -2.93. The summed E-state index contributed by atoms with van der Waals surface area (Å²) in [6.45, 7) is 11.0. The van der Waals surface area contributed by atoms with E-state index in [2.05, 4.69) is 13.8 Å². The second kappa shape index (κ2) is 6.60. The molecule has 0 aromatic carbocycles. The van der Waals surface area contributed by atoms with Crippen LogP contribution in [-0.2, 0) is 13.3 Å². The van der Waals surface area contributed by atoms with Crippen LogP contribution in [0.2, 0.25) is 0 Å². The Morgan fingerprint density at radius 2 is 1.40 bits per heavy atom. The van der Waals surface area contributed by atoms with Gasteiger partial charge in [-0.25, -0.2) is 0 Å². The molecule has 0 aliphatic carbocycles. The highest BCUT2D eigenvalue weighted by Crippen LogP contribution is 2.23. The molecule has 5 heteroatoms. The van der Waals surface area contributed by atoms with Crippen molar-refractivity contribution in [2.45, 2.75) is 53.1 Å². The molecule has 0 amide bonds. The molecule has 0 saturated heterocycles. The summed E-state index contributed by atoms with van der Waals surface area (Å²) in [5.74, 6) is 0. The van der Waals surface area contributed by atoms with Crippen molar-refractivity contribution in [2.24, 2.45) is 5.40 Å². The van der Waals surface area contributed by atoms with E-state index in [4.69, 9.17) is 18.7 Å². The van der Waals surface area contributed by atoms with E-state index in [1.54, 1.807) is 0 Å². The van der Waals surface area contributed by atoms with Crippen LogP contribution in [-0.4, -0.2) is 27.8 Å². The molecule has 0 spiro atoms. The molecule has 0 heterocycles. The fourth-order valence-electron chi connectivity index (χ4n) is 1.24. The van der Waals surface area contributed by atoms with E-state index in [9.17, 15) is 0 Å². The van der Waals surface area contributed by atoms with E-state index in [1.165, 1.54) is 0 Å². The van der Waals surface area contributed by atoms with Gasteiger partial charge in [0.15, 0.2) is 0 Å². The van der Waals surface area contributed by atoms with Gasteiger partial charge >= 0.3 is 8.97 Å². The van der Waals surface area contributed by atoms with Gasteiger partial charge in [-0.05, 0) is 33.6 Å². The highest BCUT2D eigenvalue weighted by molar-refractivity contribution is 6.57. The lowest BCUT2D eigenvalue weighted by atomic mass is 10.0. The highest BCUT2D eigenvalue weighted by atomic mass is 28.4. The zero-order valence-electron chi connectivity index (χ0n) is 10.6. The second-order valence-electron chi connectivity index (χ2n) is 3.73. The van der Waals surface area contributed by atoms with Crippen molar-refractivity contribution in [1.82, 2.24) is 0 Å². The molecule has 0 saturated carbocycles. The molecule has 0 fully saturated rings. The average molecular weight is 235 g/mol. The van der Waals surface area contributed by atoms with Gasteiger partial charge in [0.05, 0.1) is 5.60 Å². The Bertz CT molecular complexity index is 168. The summed E-state index contributed by atoms with van der Waals surface area (Å²) in [6.07, 6.45) is 1.80. The fraction of sp³-hybridized carbons (Fsp3) is 1.00.